The van der Waals surface area contributed by atoms with Gasteiger partial charge in [-0.3, -0.25) is 0 Å². The van der Waals surface area contributed by atoms with Crippen molar-refractivity contribution in [3.63, 3.8) is 0 Å². The maximum absolute atomic E-state index is 8.51. The Morgan fingerprint density at radius 3 is 2.00 bits per heavy atom. The van der Waals surface area contributed by atoms with E-state index in [0.717, 1.165) is 0 Å². The van der Waals surface area contributed by atoms with Crippen LogP contribution in [0.15, 0.2) is 0 Å². The number of aliphatic hydroxyl groups is 1. The molecular weight excluding hydrogens is 146 g/mol. The van der Waals surface area contributed by atoms with Crippen LogP contribution in [0, 0.1) is 0 Å². The molecule has 0 aliphatic heterocycles. The molecule has 0 aliphatic rings. The van der Waals surface area contributed by atoms with Crippen LogP contribution in [0.2, 0.25) is 0 Å². The van der Waals surface area contributed by atoms with Gasteiger partial charge in [0.15, 0.2) is 23.7 Å². The summed E-state index contributed by atoms with van der Waals surface area (Å²) >= 11 is 0. The fourth-order valence-electron chi connectivity index (χ4n) is 0.211. The van der Waals surface area contributed by atoms with E-state index in [4.69, 9.17) is 5.11 Å². The molecule has 0 rings (SSSR count). The molecule has 0 aromatic heterocycles. The van der Waals surface area contributed by atoms with Crippen LogP contribution in [-0.4, -0.2) is 79.1 Å². The van der Waals surface area contributed by atoms with Gasteiger partial charge in [-0.1, -0.05) is 0 Å². The van der Waals surface area contributed by atoms with E-state index in [1.165, 1.54) is 14.2 Å². The van der Waals surface area contributed by atoms with Crippen LogP contribution in [0.3, 0.4) is 0 Å². The van der Waals surface area contributed by atoms with Crippen molar-refractivity contribution in [2.75, 3.05) is 20.8 Å². The summed E-state index contributed by atoms with van der Waals surface area (Å²) in [6.07, 6.45) is -0.773. The quantitative estimate of drug-likeness (QED) is 0.375. The molecule has 0 amide bonds. The van der Waals surface area contributed by atoms with Crippen LogP contribution >= 0.6 is 0 Å². The van der Waals surface area contributed by atoms with Crippen molar-refractivity contribution in [1.29, 1.82) is 0 Å². The molecule has 9 heavy (non-hydrogen) atoms. The standard InChI is InChI=1S/C4H10O3.Al.Na.4H/c1-6-3-4(5)7-2;;;;;;/h4-5H,3H2,1-2H3;;;;;;. The van der Waals surface area contributed by atoms with E-state index in [1.807, 2.05) is 0 Å². The molecule has 0 saturated heterocycles. The van der Waals surface area contributed by atoms with E-state index < -0.39 is 6.29 Å². The van der Waals surface area contributed by atoms with Crippen molar-refractivity contribution in [3.05, 3.63) is 0 Å². The molecule has 0 aromatic carbocycles. The van der Waals surface area contributed by atoms with E-state index >= 15 is 0 Å². The second-order valence-electron chi connectivity index (χ2n) is 1.15. The van der Waals surface area contributed by atoms with Crippen LogP contribution < -0.4 is 0 Å². The number of ether oxygens (including phenoxy) is 2. The van der Waals surface area contributed by atoms with Crippen molar-refractivity contribution in [3.8, 4) is 0 Å². The van der Waals surface area contributed by atoms with Crippen molar-refractivity contribution in [1.82, 2.24) is 0 Å². The minimum atomic E-state index is -0.773. The third-order valence-corrected chi connectivity index (χ3v) is 0.581. The van der Waals surface area contributed by atoms with Gasteiger partial charge in [0, 0.05) is 14.2 Å². The average molecular weight is 160 g/mol. The Bertz CT molecular complexity index is 46.8. The first-order valence-corrected chi connectivity index (χ1v) is 2.01. The maximum atomic E-state index is 8.51. The predicted molar refractivity (Wildman–Crippen MR) is 42.0 cm³/mol. The summed E-state index contributed by atoms with van der Waals surface area (Å²) in [6.45, 7) is 0.233. The summed E-state index contributed by atoms with van der Waals surface area (Å²) in [5.74, 6) is 0. The van der Waals surface area contributed by atoms with Crippen molar-refractivity contribution in [2.24, 2.45) is 0 Å². The molecule has 0 spiro atoms. The molecule has 0 bridgehead atoms. The summed E-state index contributed by atoms with van der Waals surface area (Å²) in [7, 11) is 2.92. The second kappa shape index (κ2) is 12.1. The zero-order valence-corrected chi connectivity index (χ0v) is 4.55. The molecule has 0 radical (unpaired) electrons. The van der Waals surface area contributed by atoms with E-state index in [9.17, 15) is 0 Å². The summed E-state index contributed by atoms with van der Waals surface area (Å²) in [6, 6.07) is 0. The van der Waals surface area contributed by atoms with Gasteiger partial charge in [-0.05, 0) is 0 Å². The summed E-state index contributed by atoms with van der Waals surface area (Å²) in [5.41, 5.74) is 0. The predicted octanol–water partition coefficient (Wildman–Crippen LogP) is -2.23. The molecule has 0 aromatic rings. The van der Waals surface area contributed by atoms with Crippen LogP contribution in [0.4, 0.5) is 0 Å². The number of hydrogen-bond donors (Lipinski definition) is 1. The van der Waals surface area contributed by atoms with Crippen molar-refractivity contribution >= 4 is 46.9 Å². The minimum absolute atomic E-state index is 0. The van der Waals surface area contributed by atoms with Gasteiger partial charge >= 0.3 is 29.6 Å². The first kappa shape index (κ1) is 16.8. The molecule has 0 heterocycles. The van der Waals surface area contributed by atoms with Crippen molar-refractivity contribution < 1.29 is 14.6 Å². The molecule has 52 valence electrons. The Labute approximate surface area is 88.1 Å². The van der Waals surface area contributed by atoms with E-state index in [1.54, 1.807) is 0 Å². The van der Waals surface area contributed by atoms with Crippen LogP contribution in [0.5, 0.6) is 0 Å². The van der Waals surface area contributed by atoms with Gasteiger partial charge in [0.2, 0.25) is 0 Å². The number of hydrogen-bond acceptors (Lipinski definition) is 3. The normalized spacial score (nSPS) is 11.0. The molecule has 3 nitrogen and oxygen atoms in total. The summed E-state index contributed by atoms with van der Waals surface area (Å²) in [4.78, 5) is 0. The van der Waals surface area contributed by atoms with Gasteiger partial charge in [-0.2, -0.15) is 0 Å². The molecule has 1 atom stereocenters. The van der Waals surface area contributed by atoms with Crippen LogP contribution in [-0.2, 0) is 9.47 Å². The van der Waals surface area contributed by atoms with Gasteiger partial charge in [-0.25, -0.2) is 0 Å². The molecule has 0 aliphatic carbocycles. The first-order chi connectivity index (χ1) is 3.31. The molecule has 1 N–H and O–H groups in total. The molecule has 5 heteroatoms. The number of methoxy groups -OCH3 is 2. The number of aliphatic hydroxyl groups excluding tert-OH is 1. The Morgan fingerprint density at radius 2 is 1.89 bits per heavy atom. The van der Waals surface area contributed by atoms with E-state index in [-0.39, 0.29) is 53.5 Å². The van der Waals surface area contributed by atoms with Crippen LogP contribution in [0.25, 0.3) is 0 Å². The number of rotatable bonds is 3. The van der Waals surface area contributed by atoms with Crippen LogP contribution in [0.1, 0.15) is 0 Å². The van der Waals surface area contributed by atoms with Gasteiger partial charge in [0.25, 0.3) is 0 Å². The molecule has 1 unspecified atom stereocenters. The molecule has 0 saturated carbocycles. The molecule has 0 fully saturated rings. The average Bonchev–Trinajstić information content (AvgIpc) is 1.68. The summed E-state index contributed by atoms with van der Waals surface area (Å²) in [5, 5.41) is 8.51. The third kappa shape index (κ3) is 12.6. The third-order valence-electron chi connectivity index (χ3n) is 0.581. The summed E-state index contributed by atoms with van der Waals surface area (Å²) < 4.78 is 8.94. The van der Waals surface area contributed by atoms with Gasteiger partial charge < -0.3 is 14.6 Å². The first-order valence-electron chi connectivity index (χ1n) is 2.01. The van der Waals surface area contributed by atoms with Gasteiger partial charge in [0.05, 0.1) is 6.61 Å². The fraction of sp³-hybridized carbons (Fsp3) is 1.00. The van der Waals surface area contributed by atoms with Gasteiger partial charge in [-0.15, -0.1) is 0 Å². The zero-order valence-electron chi connectivity index (χ0n) is 4.55. The fourth-order valence-corrected chi connectivity index (χ4v) is 0.211. The van der Waals surface area contributed by atoms with E-state index in [0.29, 0.717) is 0 Å². The second-order valence-corrected chi connectivity index (χ2v) is 1.15. The Balaban J connectivity index is -0.000000180. The van der Waals surface area contributed by atoms with Gasteiger partial charge in [0.1, 0.15) is 0 Å². The topological polar surface area (TPSA) is 38.7 Å². The Morgan fingerprint density at radius 1 is 1.44 bits per heavy atom. The Hall–Kier alpha value is 1.41. The SMILES string of the molecule is COCC(O)OC.[AlH3].[NaH]. The van der Waals surface area contributed by atoms with Crippen molar-refractivity contribution in [2.45, 2.75) is 6.29 Å². The van der Waals surface area contributed by atoms with E-state index in [2.05, 4.69) is 9.47 Å². The molecular formula is C4H14AlNaO3. The monoisotopic (exact) mass is 160 g/mol. The zero-order chi connectivity index (χ0) is 5.70. The Kier molecular flexibility index (Phi) is 22.6.